The van der Waals surface area contributed by atoms with Crippen LogP contribution in [0.4, 0.5) is 0 Å². The van der Waals surface area contributed by atoms with Crippen LogP contribution in [0, 0.1) is 0 Å². The maximum atomic E-state index is 10.3. The van der Waals surface area contributed by atoms with Crippen LogP contribution in [-0.4, -0.2) is 51.2 Å². The Hall–Kier alpha value is -0.910. The summed E-state index contributed by atoms with van der Waals surface area (Å²) in [5.74, 6) is -0.947. The van der Waals surface area contributed by atoms with Crippen LogP contribution in [0.2, 0.25) is 0 Å². The Morgan fingerprint density at radius 3 is 2.50 bits per heavy atom. The second kappa shape index (κ2) is 10.6. The Bertz CT molecular complexity index is 212. The maximum absolute atomic E-state index is 10.3. The van der Waals surface area contributed by atoms with Gasteiger partial charge in [0.1, 0.15) is 0 Å². The fraction of sp³-hybridized carbons (Fsp3) is 0.727. The van der Waals surface area contributed by atoms with Gasteiger partial charge in [0.2, 0.25) is 0 Å². The normalized spacial score (nSPS) is 11.8. The summed E-state index contributed by atoms with van der Waals surface area (Å²) in [6.07, 6.45) is 2.01. The van der Waals surface area contributed by atoms with Gasteiger partial charge in [0, 0.05) is 26.4 Å². The summed E-state index contributed by atoms with van der Waals surface area (Å²) in [6.45, 7) is 4.38. The van der Waals surface area contributed by atoms with Crippen molar-refractivity contribution in [2.45, 2.75) is 13.3 Å². The van der Waals surface area contributed by atoms with Crippen molar-refractivity contribution in [1.29, 1.82) is 0 Å². The summed E-state index contributed by atoms with van der Waals surface area (Å²) >= 11 is 0. The molecule has 0 aromatic rings. The summed E-state index contributed by atoms with van der Waals surface area (Å²) < 4.78 is 15.3. The SMILES string of the molecule is COCCCOCCOCC(C)=CC(=O)O. The minimum Gasteiger partial charge on any atom is -0.478 e. The fourth-order valence-corrected chi connectivity index (χ4v) is 1.01. The number of aliphatic carboxylic acids is 1. The monoisotopic (exact) mass is 232 g/mol. The fourth-order valence-electron chi connectivity index (χ4n) is 1.01. The number of carboxylic acids is 1. The first-order chi connectivity index (χ1) is 7.66. The van der Waals surface area contributed by atoms with Crippen molar-refractivity contribution in [3.8, 4) is 0 Å². The van der Waals surface area contributed by atoms with Crippen LogP contribution in [0.1, 0.15) is 13.3 Å². The van der Waals surface area contributed by atoms with Gasteiger partial charge in [0.25, 0.3) is 0 Å². The van der Waals surface area contributed by atoms with E-state index >= 15 is 0 Å². The lowest BCUT2D eigenvalue weighted by Gasteiger charge is -2.05. The molecule has 0 unspecified atom stereocenters. The van der Waals surface area contributed by atoms with Gasteiger partial charge in [-0.1, -0.05) is 0 Å². The van der Waals surface area contributed by atoms with E-state index < -0.39 is 5.97 Å². The molecule has 0 aliphatic carbocycles. The van der Waals surface area contributed by atoms with E-state index in [2.05, 4.69) is 0 Å². The number of hydrogen-bond donors (Lipinski definition) is 1. The summed E-state index contributed by atoms with van der Waals surface area (Å²) in [5, 5.41) is 8.44. The average molecular weight is 232 g/mol. The van der Waals surface area contributed by atoms with Crippen LogP contribution in [0.5, 0.6) is 0 Å². The molecule has 5 heteroatoms. The highest BCUT2D eigenvalue weighted by molar-refractivity contribution is 5.80. The lowest BCUT2D eigenvalue weighted by Crippen LogP contribution is -2.08. The van der Waals surface area contributed by atoms with Gasteiger partial charge >= 0.3 is 5.97 Å². The van der Waals surface area contributed by atoms with Crippen molar-refractivity contribution < 1.29 is 24.1 Å². The molecule has 1 N–H and O–H groups in total. The van der Waals surface area contributed by atoms with Gasteiger partial charge in [-0.25, -0.2) is 4.79 Å². The zero-order chi connectivity index (χ0) is 12.2. The molecule has 0 fully saturated rings. The molecule has 0 aromatic heterocycles. The molecule has 0 aromatic carbocycles. The smallest absolute Gasteiger partial charge is 0.328 e. The molecule has 0 saturated heterocycles. The molecule has 5 nitrogen and oxygen atoms in total. The Morgan fingerprint density at radius 1 is 1.19 bits per heavy atom. The highest BCUT2D eigenvalue weighted by Gasteiger charge is 1.95. The topological polar surface area (TPSA) is 65.0 Å². The van der Waals surface area contributed by atoms with Gasteiger partial charge in [-0.15, -0.1) is 0 Å². The van der Waals surface area contributed by atoms with Crippen molar-refractivity contribution in [2.75, 3.05) is 40.1 Å². The van der Waals surface area contributed by atoms with Gasteiger partial charge in [-0.05, 0) is 18.9 Å². The van der Waals surface area contributed by atoms with Crippen LogP contribution >= 0.6 is 0 Å². The third-order valence-electron chi connectivity index (χ3n) is 1.71. The maximum Gasteiger partial charge on any atom is 0.328 e. The van der Waals surface area contributed by atoms with Crippen molar-refractivity contribution in [1.82, 2.24) is 0 Å². The van der Waals surface area contributed by atoms with Crippen molar-refractivity contribution in [3.05, 3.63) is 11.6 Å². The van der Waals surface area contributed by atoms with E-state index in [9.17, 15) is 4.79 Å². The predicted molar refractivity (Wildman–Crippen MR) is 59.5 cm³/mol. The minimum absolute atomic E-state index is 0.327. The van der Waals surface area contributed by atoms with Crippen molar-refractivity contribution in [2.24, 2.45) is 0 Å². The van der Waals surface area contributed by atoms with Crippen molar-refractivity contribution in [3.63, 3.8) is 0 Å². The molecule has 0 atom stereocenters. The van der Waals surface area contributed by atoms with Gasteiger partial charge < -0.3 is 19.3 Å². The van der Waals surface area contributed by atoms with Crippen LogP contribution in [0.25, 0.3) is 0 Å². The second-order valence-electron chi connectivity index (χ2n) is 3.34. The van der Waals surface area contributed by atoms with E-state index in [0.717, 1.165) is 12.5 Å². The van der Waals surface area contributed by atoms with E-state index in [-0.39, 0.29) is 0 Å². The largest absolute Gasteiger partial charge is 0.478 e. The molecule has 0 spiro atoms. The van der Waals surface area contributed by atoms with E-state index in [0.29, 0.717) is 38.6 Å². The number of rotatable bonds is 10. The van der Waals surface area contributed by atoms with E-state index in [4.69, 9.17) is 19.3 Å². The molecular weight excluding hydrogens is 212 g/mol. The third-order valence-corrected chi connectivity index (χ3v) is 1.71. The Balaban J connectivity index is 3.24. The Morgan fingerprint density at radius 2 is 1.88 bits per heavy atom. The highest BCUT2D eigenvalue weighted by Crippen LogP contribution is 1.93. The van der Waals surface area contributed by atoms with E-state index in [1.54, 1.807) is 14.0 Å². The standard InChI is InChI=1S/C11H20O5/c1-10(8-11(12)13)9-16-7-6-15-5-3-4-14-2/h8H,3-7,9H2,1-2H3,(H,12,13). The summed E-state index contributed by atoms with van der Waals surface area (Å²) in [5.41, 5.74) is 0.687. The van der Waals surface area contributed by atoms with Gasteiger partial charge in [-0.3, -0.25) is 0 Å². The average Bonchev–Trinajstić information content (AvgIpc) is 2.21. The number of carboxylic acid groups (broad SMARTS) is 1. The predicted octanol–water partition coefficient (Wildman–Crippen LogP) is 1.09. The first-order valence-corrected chi connectivity index (χ1v) is 5.21. The third kappa shape index (κ3) is 11.2. The molecule has 0 rings (SSSR count). The lowest BCUT2D eigenvalue weighted by atomic mass is 10.3. The molecule has 0 saturated carbocycles. The molecule has 94 valence electrons. The summed E-state index contributed by atoms with van der Waals surface area (Å²) in [7, 11) is 1.65. The highest BCUT2D eigenvalue weighted by atomic mass is 16.5. The second-order valence-corrected chi connectivity index (χ2v) is 3.34. The van der Waals surface area contributed by atoms with Gasteiger partial charge in [-0.2, -0.15) is 0 Å². The van der Waals surface area contributed by atoms with E-state index in [1.165, 1.54) is 0 Å². The molecule has 0 heterocycles. The molecule has 0 amide bonds. The zero-order valence-corrected chi connectivity index (χ0v) is 9.90. The number of hydrogen-bond acceptors (Lipinski definition) is 4. The number of ether oxygens (including phenoxy) is 3. The first kappa shape index (κ1) is 15.1. The van der Waals surface area contributed by atoms with Crippen molar-refractivity contribution >= 4 is 5.97 Å². The van der Waals surface area contributed by atoms with Crippen LogP contribution < -0.4 is 0 Å². The van der Waals surface area contributed by atoms with Crippen LogP contribution in [0.3, 0.4) is 0 Å². The van der Waals surface area contributed by atoms with E-state index in [1.807, 2.05) is 0 Å². The Kier molecular flexibility index (Phi) is 10.00. The lowest BCUT2D eigenvalue weighted by molar-refractivity contribution is -0.131. The van der Waals surface area contributed by atoms with Gasteiger partial charge in [0.15, 0.2) is 0 Å². The van der Waals surface area contributed by atoms with Crippen LogP contribution in [-0.2, 0) is 19.0 Å². The molecule has 0 aliphatic heterocycles. The van der Waals surface area contributed by atoms with Gasteiger partial charge in [0.05, 0.1) is 19.8 Å². The minimum atomic E-state index is -0.947. The quantitative estimate of drug-likeness (QED) is 0.451. The number of methoxy groups -OCH3 is 1. The zero-order valence-electron chi connectivity index (χ0n) is 9.90. The molecular formula is C11H20O5. The molecule has 0 bridgehead atoms. The molecule has 0 aliphatic rings. The Labute approximate surface area is 96.0 Å². The number of carbonyl (C=O) groups is 1. The van der Waals surface area contributed by atoms with Crippen LogP contribution in [0.15, 0.2) is 11.6 Å². The summed E-state index contributed by atoms with van der Waals surface area (Å²) in [6, 6.07) is 0. The molecule has 0 radical (unpaired) electrons. The summed E-state index contributed by atoms with van der Waals surface area (Å²) in [4.78, 5) is 10.3. The first-order valence-electron chi connectivity index (χ1n) is 5.21. The molecule has 16 heavy (non-hydrogen) atoms.